The molecular weight excluding hydrogens is 338 g/mol. The van der Waals surface area contributed by atoms with Gasteiger partial charge >= 0.3 is 12.0 Å². The maximum absolute atomic E-state index is 12.6. The first-order chi connectivity index (χ1) is 12.4. The SMILES string of the molecule is CCOC(=O)CCC(=O)n1nc(OC(C)C)nc1-c1cccc(OC)c1. The zero-order valence-corrected chi connectivity index (χ0v) is 15.4. The molecule has 1 heterocycles. The summed E-state index contributed by atoms with van der Waals surface area (Å²) in [5.74, 6) is 0.153. The van der Waals surface area contributed by atoms with Crippen LogP contribution < -0.4 is 9.47 Å². The maximum Gasteiger partial charge on any atom is 0.336 e. The summed E-state index contributed by atoms with van der Waals surface area (Å²) in [5.41, 5.74) is 0.653. The number of carbonyl (C=O) groups is 2. The van der Waals surface area contributed by atoms with E-state index in [9.17, 15) is 9.59 Å². The molecule has 26 heavy (non-hydrogen) atoms. The van der Waals surface area contributed by atoms with Gasteiger partial charge in [0.2, 0.25) is 5.91 Å². The van der Waals surface area contributed by atoms with Gasteiger partial charge in [-0.2, -0.15) is 9.67 Å². The molecule has 0 unspecified atom stereocenters. The number of hydrogen-bond donors (Lipinski definition) is 0. The molecule has 0 amide bonds. The molecule has 1 aromatic carbocycles. The largest absolute Gasteiger partial charge is 0.497 e. The van der Waals surface area contributed by atoms with Crippen LogP contribution in [-0.2, 0) is 9.53 Å². The number of ether oxygens (including phenoxy) is 3. The standard InChI is InChI=1S/C18H23N3O5/c1-5-25-16(23)10-9-15(22)21-17(19-18(20-21)26-12(2)3)13-7-6-8-14(11-13)24-4/h6-8,11-12H,5,9-10H2,1-4H3. The summed E-state index contributed by atoms with van der Waals surface area (Å²) in [6.45, 7) is 5.67. The van der Waals surface area contributed by atoms with Crippen molar-refractivity contribution in [3.05, 3.63) is 24.3 Å². The highest BCUT2D eigenvalue weighted by atomic mass is 16.5. The molecule has 0 aliphatic carbocycles. The summed E-state index contributed by atoms with van der Waals surface area (Å²) in [5, 5.41) is 4.15. The Bertz CT molecular complexity index is 770. The van der Waals surface area contributed by atoms with Gasteiger partial charge in [0.05, 0.1) is 26.2 Å². The number of esters is 1. The van der Waals surface area contributed by atoms with Gasteiger partial charge in [0.25, 0.3) is 0 Å². The van der Waals surface area contributed by atoms with Crippen LogP contribution in [0.15, 0.2) is 24.3 Å². The number of nitrogens with zero attached hydrogens (tertiary/aromatic N) is 3. The fourth-order valence-electron chi connectivity index (χ4n) is 2.22. The van der Waals surface area contributed by atoms with Gasteiger partial charge < -0.3 is 14.2 Å². The Morgan fingerprint density at radius 2 is 2.00 bits per heavy atom. The van der Waals surface area contributed by atoms with Gasteiger partial charge in [-0.05, 0) is 32.9 Å². The molecule has 0 fully saturated rings. The van der Waals surface area contributed by atoms with Gasteiger partial charge in [0, 0.05) is 12.0 Å². The Hall–Kier alpha value is -2.90. The molecule has 140 valence electrons. The summed E-state index contributed by atoms with van der Waals surface area (Å²) in [6, 6.07) is 7.22. The highest BCUT2D eigenvalue weighted by Gasteiger charge is 2.20. The quantitative estimate of drug-likeness (QED) is 0.667. The number of methoxy groups -OCH3 is 1. The van der Waals surface area contributed by atoms with Crippen molar-refractivity contribution in [2.45, 2.75) is 39.7 Å². The van der Waals surface area contributed by atoms with E-state index < -0.39 is 5.97 Å². The smallest absolute Gasteiger partial charge is 0.336 e. The highest BCUT2D eigenvalue weighted by Crippen LogP contribution is 2.24. The van der Waals surface area contributed by atoms with E-state index in [1.807, 2.05) is 13.8 Å². The number of hydrogen-bond acceptors (Lipinski definition) is 7. The van der Waals surface area contributed by atoms with Crippen LogP contribution in [-0.4, -0.2) is 46.5 Å². The topological polar surface area (TPSA) is 92.5 Å². The average Bonchev–Trinajstić information content (AvgIpc) is 3.03. The molecule has 0 saturated heterocycles. The van der Waals surface area contributed by atoms with Crippen molar-refractivity contribution >= 4 is 11.9 Å². The summed E-state index contributed by atoms with van der Waals surface area (Å²) >= 11 is 0. The fraction of sp³-hybridized carbons (Fsp3) is 0.444. The summed E-state index contributed by atoms with van der Waals surface area (Å²) in [7, 11) is 1.56. The third-order valence-corrected chi connectivity index (χ3v) is 3.34. The third kappa shape index (κ3) is 5.05. The second-order valence-electron chi connectivity index (χ2n) is 5.73. The molecule has 8 nitrogen and oxygen atoms in total. The molecule has 0 aliphatic rings. The number of benzene rings is 1. The molecular formula is C18H23N3O5. The van der Waals surface area contributed by atoms with Crippen molar-refractivity contribution in [2.24, 2.45) is 0 Å². The van der Waals surface area contributed by atoms with Crippen molar-refractivity contribution in [1.29, 1.82) is 0 Å². The van der Waals surface area contributed by atoms with Gasteiger partial charge in [0.1, 0.15) is 5.75 Å². The predicted molar refractivity (Wildman–Crippen MR) is 94.3 cm³/mol. The van der Waals surface area contributed by atoms with Crippen LogP contribution in [0.3, 0.4) is 0 Å². The van der Waals surface area contributed by atoms with E-state index >= 15 is 0 Å². The average molecular weight is 361 g/mol. The summed E-state index contributed by atoms with van der Waals surface area (Å²) < 4.78 is 16.7. The molecule has 2 aromatic rings. The van der Waals surface area contributed by atoms with Crippen LogP contribution >= 0.6 is 0 Å². The van der Waals surface area contributed by atoms with E-state index in [1.54, 1.807) is 38.3 Å². The van der Waals surface area contributed by atoms with Crippen LogP contribution in [0.4, 0.5) is 0 Å². The molecule has 0 atom stereocenters. The van der Waals surface area contributed by atoms with Crippen molar-refractivity contribution < 1.29 is 23.8 Å². The zero-order valence-electron chi connectivity index (χ0n) is 15.4. The molecule has 0 spiro atoms. The Labute approximate surface area is 152 Å². The van der Waals surface area contributed by atoms with Crippen LogP contribution in [0.25, 0.3) is 11.4 Å². The maximum atomic E-state index is 12.6. The lowest BCUT2D eigenvalue weighted by atomic mass is 10.2. The molecule has 0 bridgehead atoms. The normalized spacial score (nSPS) is 10.7. The number of carbonyl (C=O) groups excluding carboxylic acids is 2. The first kappa shape index (κ1) is 19.4. The van der Waals surface area contributed by atoms with Crippen LogP contribution in [0.2, 0.25) is 0 Å². The highest BCUT2D eigenvalue weighted by molar-refractivity contribution is 5.85. The molecule has 0 N–H and O–H groups in total. The van der Waals surface area contributed by atoms with Crippen molar-refractivity contribution in [3.63, 3.8) is 0 Å². The minimum absolute atomic E-state index is 0.0234. The fourth-order valence-corrected chi connectivity index (χ4v) is 2.22. The lowest BCUT2D eigenvalue weighted by Gasteiger charge is -2.06. The van der Waals surface area contributed by atoms with Crippen molar-refractivity contribution in [3.8, 4) is 23.1 Å². The molecule has 0 saturated carbocycles. The van der Waals surface area contributed by atoms with E-state index in [4.69, 9.17) is 14.2 Å². The Balaban J connectivity index is 2.31. The summed E-state index contributed by atoms with van der Waals surface area (Å²) in [6.07, 6.45) is -0.205. The van der Waals surface area contributed by atoms with E-state index in [2.05, 4.69) is 10.1 Å². The second kappa shape index (κ2) is 8.98. The predicted octanol–water partition coefficient (Wildman–Crippen LogP) is 2.72. The van der Waals surface area contributed by atoms with Gasteiger partial charge in [-0.15, -0.1) is 5.10 Å². The molecule has 8 heteroatoms. The van der Waals surface area contributed by atoms with Gasteiger partial charge in [0.15, 0.2) is 5.82 Å². The number of rotatable bonds is 8. The van der Waals surface area contributed by atoms with E-state index in [0.29, 0.717) is 17.1 Å². The lowest BCUT2D eigenvalue weighted by Crippen LogP contribution is -2.16. The molecule has 0 radical (unpaired) electrons. The minimum atomic E-state index is -0.428. The Kier molecular flexibility index (Phi) is 6.71. The third-order valence-electron chi connectivity index (χ3n) is 3.34. The molecule has 1 aromatic heterocycles. The molecule has 0 aliphatic heterocycles. The van der Waals surface area contributed by atoms with Gasteiger partial charge in [-0.1, -0.05) is 12.1 Å². The first-order valence-corrected chi connectivity index (χ1v) is 8.41. The van der Waals surface area contributed by atoms with Crippen LogP contribution in [0.5, 0.6) is 11.8 Å². The van der Waals surface area contributed by atoms with Gasteiger partial charge in [-0.3, -0.25) is 9.59 Å². The van der Waals surface area contributed by atoms with E-state index in [1.165, 1.54) is 0 Å². The Morgan fingerprint density at radius 1 is 1.23 bits per heavy atom. The van der Waals surface area contributed by atoms with E-state index in [0.717, 1.165) is 4.68 Å². The zero-order chi connectivity index (χ0) is 19.1. The second-order valence-corrected chi connectivity index (χ2v) is 5.73. The van der Waals surface area contributed by atoms with E-state index in [-0.39, 0.29) is 37.5 Å². The minimum Gasteiger partial charge on any atom is -0.497 e. The van der Waals surface area contributed by atoms with Crippen LogP contribution in [0.1, 0.15) is 38.4 Å². The van der Waals surface area contributed by atoms with Crippen molar-refractivity contribution in [1.82, 2.24) is 14.8 Å². The van der Waals surface area contributed by atoms with Gasteiger partial charge in [-0.25, -0.2) is 0 Å². The first-order valence-electron chi connectivity index (χ1n) is 8.41. The van der Waals surface area contributed by atoms with Crippen LogP contribution in [0, 0.1) is 0 Å². The lowest BCUT2D eigenvalue weighted by molar-refractivity contribution is -0.143. The monoisotopic (exact) mass is 361 g/mol. The van der Waals surface area contributed by atoms with Crippen molar-refractivity contribution in [2.75, 3.05) is 13.7 Å². The summed E-state index contributed by atoms with van der Waals surface area (Å²) in [4.78, 5) is 28.4. The molecule has 2 rings (SSSR count). The Morgan fingerprint density at radius 3 is 2.65 bits per heavy atom. The number of aromatic nitrogens is 3.